The molecule has 3 rings (SSSR count). The van der Waals surface area contributed by atoms with Crippen molar-refractivity contribution in [3.05, 3.63) is 51.4 Å². The zero-order chi connectivity index (χ0) is 11.1. The van der Waals surface area contributed by atoms with Crippen molar-refractivity contribution in [3.8, 4) is 0 Å². The predicted molar refractivity (Wildman–Crippen MR) is 74.6 cm³/mol. The Morgan fingerprint density at radius 1 is 0.875 bits per heavy atom. The molecular formula is C13H7Br2N. The highest BCUT2D eigenvalue weighted by atomic mass is 79.9. The van der Waals surface area contributed by atoms with Crippen LogP contribution in [-0.4, -0.2) is 4.98 Å². The predicted octanol–water partition coefficient (Wildman–Crippen LogP) is 4.91. The lowest BCUT2D eigenvalue weighted by Crippen LogP contribution is -1.83. The maximum atomic E-state index is 4.66. The zero-order valence-electron chi connectivity index (χ0n) is 8.24. The second kappa shape index (κ2) is 3.82. The van der Waals surface area contributed by atoms with Crippen LogP contribution in [0.5, 0.6) is 0 Å². The number of benzene rings is 2. The number of para-hydroxylation sites is 1. The van der Waals surface area contributed by atoms with Crippen molar-refractivity contribution in [2.75, 3.05) is 0 Å². The quantitative estimate of drug-likeness (QED) is 0.531. The fourth-order valence-electron chi connectivity index (χ4n) is 1.79. The Balaban J connectivity index is 2.49. The van der Waals surface area contributed by atoms with Gasteiger partial charge in [0.15, 0.2) is 0 Å². The van der Waals surface area contributed by atoms with E-state index >= 15 is 0 Å². The molecule has 0 aliphatic heterocycles. The largest absolute Gasteiger partial charge is 0.247 e. The van der Waals surface area contributed by atoms with Gasteiger partial charge in [-0.15, -0.1) is 0 Å². The molecule has 1 aromatic heterocycles. The smallest absolute Gasteiger partial charge is 0.0851 e. The van der Waals surface area contributed by atoms with Crippen LogP contribution < -0.4 is 0 Å². The molecule has 78 valence electrons. The molecule has 0 N–H and O–H groups in total. The minimum atomic E-state index is 1.01. The molecule has 0 spiro atoms. The standard InChI is InChI=1S/C13H7Br2N/c14-10-5-4-8-6-9-2-1-3-11(15)13(9)16-12(8)7-10/h1-7H. The summed E-state index contributed by atoms with van der Waals surface area (Å²) in [4.78, 5) is 4.66. The molecule has 0 radical (unpaired) electrons. The third-order valence-electron chi connectivity index (χ3n) is 2.55. The lowest BCUT2D eigenvalue weighted by atomic mass is 10.1. The average Bonchev–Trinajstić information content (AvgIpc) is 2.28. The highest BCUT2D eigenvalue weighted by Gasteiger charge is 2.02. The Kier molecular flexibility index (Phi) is 2.45. The van der Waals surface area contributed by atoms with Crippen molar-refractivity contribution >= 4 is 53.7 Å². The molecule has 2 aromatic carbocycles. The molecule has 0 saturated carbocycles. The molecule has 3 aromatic rings. The molecule has 0 aliphatic carbocycles. The summed E-state index contributed by atoms with van der Waals surface area (Å²) in [6.07, 6.45) is 0. The molecule has 16 heavy (non-hydrogen) atoms. The Labute approximate surface area is 110 Å². The molecule has 0 bridgehead atoms. The lowest BCUT2D eigenvalue weighted by molar-refractivity contribution is 1.47. The van der Waals surface area contributed by atoms with Crippen LogP contribution in [0.25, 0.3) is 21.8 Å². The summed E-state index contributed by atoms with van der Waals surface area (Å²) < 4.78 is 2.09. The van der Waals surface area contributed by atoms with Crippen molar-refractivity contribution in [2.45, 2.75) is 0 Å². The van der Waals surface area contributed by atoms with Gasteiger partial charge in [0.2, 0.25) is 0 Å². The SMILES string of the molecule is Brc1ccc2cc3cccc(Br)c3nc2c1. The number of halogens is 2. The maximum absolute atomic E-state index is 4.66. The fraction of sp³-hybridized carbons (Fsp3) is 0. The highest BCUT2D eigenvalue weighted by Crippen LogP contribution is 2.26. The Morgan fingerprint density at radius 2 is 1.75 bits per heavy atom. The molecule has 0 fully saturated rings. The summed E-state index contributed by atoms with van der Waals surface area (Å²) in [5.41, 5.74) is 2.02. The van der Waals surface area contributed by atoms with Crippen molar-refractivity contribution in [2.24, 2.45) is 0 Å². The molecule has 3 heteroatoms. The minimum absolute atomic E-state index is 1.01. The summed E-state index contributed by atoms with van der Waals surface area (Å²) in [5, 5.41) is 2.32. The monoisotopic (exact) mass is 335 g/mol. The van der Waals surface area contributed by atoms with Crippen LogP contribution in [0.1, 0.15) is 0 Å². The average molecular weight is 337 g/mol. The van der Waals surface area contributed by atoms with E-state index in [4.69, 9.17) is 0 Å². The van der Waals surface area contributed by atoms with Gasteiger partial charge in [-0.1, -0.05) is 34.1 Å². The number of hydrogen-bond acceptors (Lipinski definition) is 1. The molecule has 0 amide bonds. The van der Waals surface area contributed by atoms with Crippen LogP contribution >= 0.6 is 31.9 Å². The number of hydrogen-bond donors (Lipinski definition) is 0. The summed E-state index contributed by atoms with van der Waals surface area (Å²) in [6, 6.07) is 14.4. The summed E-state index contributed by atoms with van der Waals surface area (Å²) in [6.45, 7) is 0. The molecule has 1 heterocycles. The maximum Gasteiger partial charge on any atom is 0.0851 e. The number of aromatic nitrogens is 1. The first-order valence-corrected chi connectivity index (χ1v) is 6.47. The van der Waals surface area contributed by atoms with Crippen molar-refractivity contribution in [1.82, 2.24) is 4.98 Å². The lowest BCUT2D eigenvalue weighted by Gasteiger charge is -2.03. The second-order valence-corrected chi connectivity index (χ2v) is 5.41. The van der Waals surface area contributed by atoms with Gasteiger partial charge in [0.05, 0.1) is 11.0 Å². The number of rotatable bonds is 0. The van der Waals surface area contributed by atoms with Gasteiger partial charge in [0.1, 0.15) is 0 Å². The van der Waals surface area contributed by atoms with Crippen LogP contribution in [0.2, 0.25) is 0 Å². The minimum Gasteiger partial charge on any atom is -0.247 e. The fourth-order valence-corrected chi connectivity index (χ4v) is 2.61. The van der Waals surface area contributed by atoms with Gasteiger partial charge in [0, 0.05) is 19.7 Å². The van der Waals surface area contributed by atoms with Gasteiger partial charge in [-0.05, 0) is 40.2 Å². The van der Waals surface area contributed by atoms with Crippen molar-refractivity contribution < 1.29 is 0 Å². The van der Waals surface area contributed by atoms with Crippen LogP contribution in [0.3, 0.4) is 0 Å². The van der Waals surface area contributed by atoms with E-state index in [1.54, 1.807) is 0 Å². The second-order valence-electron chi connectivity index (χ2n) is 3.64. The summed E-state index contributed by atoms with van der Waals surface area (Å²) >= 11 is 6.99. The van der Waals surface area contributed by atoms with Gasteiger partial charge >= 0.3 is 0 Å². The first kappa shape index (κ1) is 10.2. The van der Waals surface area contributed by atoms with E-state index in [0.29, 0.717) is 0 Å². The third-order valence-corrected chi connectivity index (χ3v) is 3.69. The molecule has 1 nitrogen and oxygen atoms in total. The molecule has 0 atom stereocenters. The van der Waals surface area contributed by atoms with Gasteiger partial charge in [-0.25, -0.2) is 4.98 Å². The molecule has 0 saturated heterocycles. The first-order chi connectivity index (χ1) is 7.74. The van der Waals surface area contributed by atoms with Gasteiger partial charge in [-0.2, -0.15) is 0 Å². The van der Waals surface area contributed by atoms with Crippen molar-refractivity contribution in [3.63, 3.8) is 0 Å². The third kappa shape index (κ3) is 1.64. The van der Waals surface area contributed by atoms with Gasteiger partial charge in [0.25, 0.3) is 0 Å². The Bertz CT molecular complexity index is 692. The Morgan fingerprint density at radius 3 is 2.62 bits per heavy atom. The van der Waals surface area contributed by atoms with Gasteiger partial charge in [-0.3, -0.25) is 0 Å². The van der Waals surface area contributed by atoms with Crippen LogP contribution in [0.4, 0.5) is 0 Å². The number of fused-ring (bicyclic) bond motifs is 2. The van der Waals surface area contributed by atoms with Crippen LogP contribution in [-0.2, 0) is 0 Å². The van der Waals surface area contributed by atoms with Gasteiger partial charge < -0.3 is 0 Å². The van der Waals surface area contributed by atoms with E-state index in [0.717, 1.165) is 30.8 Å². The number of pyridine rings is 1. The van der Waals surface area contributed by atoms with E-state index in [9.17, 15) is 0 Å². The topological polar surface area (TPSA) is 12.9 Å². The normalized spacial score (nSPS) is 11.1. The number of nitrogens with zero attached hydrogens (tertiary/aromatic N) is 1. The zero-order valence-corrected chi connectivity index (χ0v) is 11.4. The summed E-state index contributed by atoms with van der Waals surface area (Å²) in [5.74, 6) is 0. The van der Waals surface area contributed by atoms with E-state index < -0.39 is 0 Å². The van der Waals surface area contributed by atoms with E-state index in [1.807, 2.05) is 24.3 Å². The molecule has 0 aliphatic rings. The molecule has 0 unspecified atom stereocenters. The van der Waals surface area contributed by atoms with E-state index in [2.05, 4.69) is 55.0 Å². The van der Waals surface area contributed by atoms with Crippen LogP contribution in [0, 0.1) is 0 Å². The Hall–Kier alpha value is -0.930. The highest BCUT2D eigenvalue weighted by molar-refractivity contribution is 9.11. The first-order valence-electron chi connectivity index (χ1n) is 4.88. The van der Waals surface area contributed by atoms with Crippen molar-refractivity contribution in [1.29, 1.82) is 0 Å². The molecular weight excluding hydrogens is 330 g/mol. The summed E-state index contributed by atoms with van der Waals surface area (Å²) in [7, 11) is 0. The van der Waals surface area contributed by atoms with E-state index in [-0.39, 0.29) is 0 Å². The van der Waals surface area contributed by atoms with Crippen LogP contribution in [0.15, 0.2) is 51.4 Å². The van der Waals surface area contributed by atoms with E-state index in [1.165, 1.54) is 0 Å².